The summed E-state index contributed by atoms with van der Waals surface area (Å²) in [5.41, 5.74) is -1.16. The second-order valence-electron chi connectivity index (χ2n) is 7.93. The molecule has 1 N–H and O–H groups in total. The van der Waals surface area contributed by atoms with Crippen LogP contribution in [0, 0.1) is 5.92 Å². The molecule has 1 fully saturated rings. The van der Waals surface area contributed by atoms with Crippen molar-refractivity contribution >= 4 is 49.0 Å². The summed E-state index contributed by atoms with van der Waals surface area (Å²) in [6.07, 6.45) is -0.331. The van der Waals surface area contributed by atoms with E-state index in [1.54, 1.807) is 0 Å². The van der Waals surface area contributed by atoms with Gasteiger partial charge in [-0.3, -0.25) is 9.69 Å². The molecule has 1 saturated heterocycles. The maximum Gasteiger partial charge on any atom is 0.404 e. The number of fused-ring (bicyclic) bond motifs is 1. The molecule has 2 aliphatic heterocycles. The summed E-state index contributed by atoms with van der Waals surface area (Å²) < 4.78 is 11.0. The van der Waals surface area contributed by atoms with Crippen molar-refractivity contribution in [1.29, 1.82) is 0 Å². The van der Waals surface area contributed by atoms with E-state index in [0.29, 0.717) is 4.91 Å². The van der Waals surface area contributed by atoms with E-state index in [-0.39, 0.29) is 34.7 Å². The molecule has 0 aliphatic carbocycles. The standard InChI is InChI=1S/C16H24ClNO6SSi/c1-8(24-26(5,6)16(2,3)4)10-12(19)18-11(14(20)21)9(25-13(10)18)7-23-15(17)22/h8,10,13H,7H2,1-6H3,(H,20,21)/t8-,10+,13-/m1/s1. The molecule has 0 aromatic heterocycles. The van der Waals surface area contributed by atoms with Crippen LogP contribution in [0.2, 0.25) is 18.1 Å². The summed E-state index contributed by atoms with van der Waals surface area (Å²) in [7, 11) is -2.07. The zero-order valence-electron chi connectivity index (χ0n) is 15.7. The number of aliphatic carboxylic acids is 1. The van der Waals surface area contributed by atoms with E-state index in [2.05, 4.69) is 33.9 Å². The number of rotatable bonds is 6. The number of halogens is 1. The van der Waals surface area contributed by atoms with Gasteiger partial charge in [-0.2, -0.15) is 0 Å². The Kier molecular flexibility index (Phi) is 5.87. The summed E-state index contributed by atoms with van der Waals surface area (Å²) in [5, 5.41) is 9.08. The molecule has 0 saturated carbocycles. The lowest BCUT2D eigenvalue weighted by Gasteiger charge is -2.48. The summed E-state index contributed by atoms with van der Waals surface area (Å²) in [6.45, 7) is 12.2. The highest BCUT2D eigenvalue weighted by Gasteiger charge is 2.59. The fraction of sp³-hybridized carbons (Fsp3) is 0.688. The Labute approximate surface area is 163 Å². The molecule has 1 amide bonds. The Morgan fingerprint density at radius 3 is 2.42 bits per heavy atom. The third kappa shape index (κ3) is 3.81. The Balaban J connectivity index is 2.16. The van der Waals surface area contributed by atoms with Crippen molar-refractivity contribution < 1.29 is 28.7 Å². The maximum absolute atomic E-state index is 12.6. The van der Waals surface area contributed by atoms with Gasteiger partial charge >= 0.3 is 11.4 Å². The molecular formula is C16H24ClNO6SSi. The van der Waals surface area contributed by atoms with E-state index in [1.165, 1.54) is 16.7 Å². The van der Waals surface area contributed by atoms with Crippen LogP contribution in [0.3, 0.4) is 0 Å². The second-order valence-corrected chi connectivity index (χ2v) is 14.2. The molecule has 0 unspecified atom stereocenters. The number of carbonyl (C=O) groups excluding carboxylic acids is 2. The van der Waals surface area contributed by atoms with Gasteiger partial charge in [0.05, 0.1) is 16.9 Å². The molecule has 0 aromatic rings. The van der Waals surface area contributed by atoms with E-state index >= 15 is 0 Å². The molecule has 0 spiro atoms. The van der Waals surface area contributed by atoms with Crippen molar-refractivity contribution in [1.82, 2.24) is 4.90 Å². The van der Waals surface area contributed by atoms with Gasteiger partial charge in [0.2, 0.25) is 5.91 Å². The summed E-state index contributed by atoms with van der Waals surface area (Å²) in [5.74, 6) is -1.95. The number of ether oxygens (including phenoxy) is 1. The molecule has 3 atom stereocenters. The van der Waals surface area contributed by atoms with Gasteiger partial charge in [-0.1, -0.05) is 32.5 Å². The molecule has 7 nitrogen and oxygen atoms in total. The molecule has 2 rings (SSSR count). The van der Waals surface area contributed by atoms with Gasteiger partial charge in [0.15, 0.2) is 8.32 Å². The highest BCUT2D eigenvalue weighted by Crippen LogP contribution is 2.51. The SMILES string of the molecule is C[C@@H](O[Si](C)(C)C(C)(C)C)[C@H]1C(=O)N2C(C(=O)O)=C(COC(=O)Cl)S[C@H]12. The number of hydrogen-bond donors (Lipinski definition) is 1. The quantitative estimate of drug-likeness (QED) is 0.397. The number of thioether (sulfide) groups is 1. The zero-order chi connectivity index (χ0) is 20.0. The van der Waals surface area contributed by atoms with Crippen LogP contribution in [0.5, 0.6) is 0 Å². The molecule has 0 bridgehead atoms. The van der Waals surface area contributed by atoms with Gasteiger partial charge in [0.1, 0.15) is 17.7 Å². The number of carboxylic acids is 1. The molecule has 10 heteroatoms. The number of nitrogens with zero attached hydrogens (tertiary/aromatic N) is 1. The van der Waals surface area contributed by atoms with Crippen LogP contribution in [0.1, 0.15) is 27.7 Å². The number of hydrogen-bond acceptors (Lipinski definition) is 6. The number of β-lactam (4-membered cyclic amide) rings is 1. The molecule has 26 heavy (non-hydrogen) atoms. The summed E-state index contributed by atoms with van der Waals surface area (Å²) >= 11 is 6.37. The minimum Gasteiger partial charge on any atom is -0.477 e. The lowest BCUT2D eigenvalue weighted by atomic mass is 9.92. The molecule has 2 aliphatic rings. The summed E-state index contributed by atoms with van der Waals surface area (Å²) in [4.78, 5) is 36.6. The Morgan fingerprint density at radius 1 is 1.38 bits per heavy atom. The minimum absolute atomic E-state index is 0.000740. The van der Waals surface area contributed by atoms with Crippen molar-refractivity contribution in [2.24, 2.45) is 5.92 Å². The van der Waals surface area contributed by atoms with E-state index in [4.69, 9.17) is 20.8 Å². The van der Waals surface area contributed by atoms with Gasteiger partial charge in [-0.15, -0.1) is 0 Å². The minimum atomic E-state index is -2.07. The van der Waals surface area contributed by atoms with Crippen LogP contribution in [-0.2, 0) is 18.8 Å². The predicted octanol–water partition coefficient (Wildman–Crippen LogP) is 3.60. The fourth-order valence-corrected chi connectivity index (χ4v) is 5.78. The zero-order valence-corrected chi connectivity index (χ0v) is 18.2. The third-order valence-electron chi connectivity index (χ3n) is 5.16. The van der Waals surface area contributed by atoms with Gasteiger partial charge in [-0.05, 0) is 25.1 Å². The van der Waals surface area contributed by atoms with Crippen molar-refractivity contribution in [2.75, 3.05) is 6.61 Å². The average molecular weight is 422 g/mol. The maximum atomic E-state index is 12.6. The topological polar surface area (TPSA) is 93.1 Å². The average Bonchev–Trinajstić information content (AvgIpc) is 2.77. The monoisotopic (exact) mass is 421 g/mol. The fourth-order valence-electron chi connectivity index (χ4n) is 2.78. The van der Waals surface area contributed by atoms with Gasteiger partial charge in [-0.25, -0.2) is 9.59 Å². The van der Waals surface area contributed by atoms with Crippen LogP contribution in [-0.4, -0.2) is 53.7 Å². The largest absolute Gasteiger partial charge is 0.477 e. The Hall–Kier alpha value is -1.03. The Morgan fingerprint density at radius 2 is 1.96 bits per heavy atom. The number of carbonyl (C=O) groups is 3. The van der Waals surface area contributed by atoms with Gasteiger partial charge < -0.3 is 14.3 Å². The van der Waals surface area contributed by atoms with Crippen LogP contribution in [0.4, 0.5) is 4.79 Å². The number of amides is 1. The summed E-state index contributed by atoms with van der Waals surface area (Å²) in [6, 6.07) is 0. The highest BCUT2D eigenvalue weighted by molar-refractivity contribution is 8.04. The first-order chi connectivity index (χ1) is 11.8. The van der Waals surface area contributed by atoms with E-state index in [9.17, 15) is 19.5 Å². The third-order valence-corrected chi connectivity index (χ3v) is 11.2. The van der Waals surface area contributed by atoms with Gasteiger partial charge in [0, 0.05) is 11.6 Å². The van der Waals surface area contributed by atoms with Crippen molar-refractivity contribution in [3.63, 3.8) is 0 Å². The van der Waals surface area contributed by atoms with Crippen LogP contribution in [0.15, 0.2) is 10.6 Å². The van der Waals surface area contributed by atoms with Crippen LogP contribution < -0.4 is 0 Å². The molecule has 146 valence electrons. The van der Waals surface area contributed by atoms with E-state index in [1.807, 2.05) is 6.92 Å². The van der Waals surface area contributed by atoms with Crippen molar-refractivity contribution in [2.45, 2.75) is 57.3 Å². The molecule has 0 aromatic carbocycles. The number of carboxylic acid groups (broad SMARTS) is 1. The highest BCUT2D eigenvalue weighted by atomic mass is 35.5. The van der Waals surface area contributed by atoms with Gasteiger partial charge in [0.25, 0.3) is 0 Å². The molecule has 0 radical (unpaired) electrons. The Bertz CT molecular complexity index is 674. The first kappa shape index (κ1) is 21.3. The van der Waals surface area contributed by atoms with Crippen LogP contribution >= 0.6 is 23.4 Å². The normalized spacial score (nSPS) is 24.3. The lowest BCUT2D eigenvalue weighted by Crippen LogP contribution is -2.62. The van der Waals surface area contributed by atoms with Crippen molar-refractivity contribution in [3.8, 4) is 0 Å². The van der Waals surface area contributed by atoms with Crippen molar-refractivity contribution in [3.05, 3.63) is 10.6 Å². The van der Waals surface area contributed by atoms with Crippen LogP contribution in [0.25, 0.3) is 0 Å². The molecule has 2 heterocycles. The van der Waals surface area contributed by atoms with E-state index < -0.39 is 25.6 Å². The second kappa shape index (κ2) is 7.18. The van der Waals surface area contributed by atoms with E-state index in [0.717, 1.165) is 0 Å². The lowest BCUT2D eigenvalue weighted by molar-refractivity contribution is -0.156. The predicted molar refractivity (Wildman–Crippen MR) is 101 cm³/mol. The first-order valence-corrected chi connectivity index (χ1v) is 12.4. The smallest absolute Gasteiger partial charge is 0.404 e. The molecular weight excluding hydrogens is 398 g/mol. The first-order valence-electron chi connectivity index (χ1n) is 8.24.